The summed E-state index contributed by atoms with van der Waals surface area (Å²) in [4.78, 5) is 11.9. The van der Waals surface area contributed by atoms with Gasteiger partial charge in [0, 0.05) is 12.6 Å². The molecule has 18 heavy (non-hydrogen) atoms. The molecular weight excluding hydrogens is 228 g/mol. The monoisotopic (exact) mass is 258 g/mol. The van der Waals surface area contributed by atoms with Crippen molar-refractivity contribution in [3.05, 3.63) is 0 Å². The number of aliphatic hydroxyl groups is 1. The third kappa shape index (κ3) is 6.97. The Labute approximate surface area is 112 Å². The van der Waals surface area contributed by atoms with Crippen molar-refractivity contribution in [2.45, 2.75) is 65.5 Å². The summed E-state index contributed by atoms with van der Waals surface area (Å²) in [5.41, 5.74) is 0. The van der Waals surface area contributed by atoms with Crippen LogP contribution in [0.25, 0.3) is 0 Å². The zero-order valence-electron chi connectivity index (χ0n) is 12.3. The molecule has 0 saturated carbocycles. The summed E-state index contributed by atoms with van der Waals surface area (Å²) >= 11 is 0. The molecule has 2 atom stereocenters. The fourth-order valence-corrected chi connectivity index (χ4v) is 1.89. The highest BCUT2D eigenvalue weighted by Gasteiger charge is 2.16. The van der Waals surface area contributed by atoms with Gasteiger partial charge in [-0.15, -0.1) is 0 Å². The molecule has 4 nitrogen and oxygen atoms in total. The second kappa shape index (κ2) is 10.3. The van der Waals surface area contributed by atoms with Gasteiger partial charge >= 0.3 is 0 Å². The highest BCUT2D eigenvalue weighted by Crippen LogP contribution is 2.06. The molecule has 0 fully saturated rings. The van der Waals surface area contributed by atoms with Gasteiger partial charge in [0.2, 0.25) is 5.91 Å². The minimum absolute atomic E-state index is 0.0718. The van der Waals surface area contributed by atoms with Crippen LogP contribution in [0.15, 0.2) is 0 Å². The summed E-state index contributed by atoms with van der Waals surface area (Å²) in [6, 6.07) is 0.111. The van der Waals surface area contributed by atoms with Crippen LogP contribution in [0.1, 0.15) is 53.4 Å². The van der Waals surface area contributed by atoms with Crippen LogP contribution >= 0.6 is 0 Å². The van der Waals surface area contributed by atoms with Crippen molar-refractivity contribution in [3.63, 3.8) is 0 Å². The predicted octanol–water partition coefficient (Wildman–Crippen LogP) is 1.68. The van der Waals surface area contributed by atoms with E-state index in [2.05, 4.69) is 31.4 Å². The summed E-state index contributed by atoms with van der Waals surface area (Å²) in [5, 5.41) is 15.2. The van der Waals surface area contributed by atoms with Crippen molar-refractivity contribution < 1.29 is 9.90 Å². The van der Waals surface area contributed by atoms with Gasteiger partial charge in [0.15, 0.2) is 0 Å². The van der Waals surface area contributed by atoms with Crippen LogP contribution in [0.2, 0.25) is 0 Å². The molecule has 0 spiro atoms. The Bertz CT molecular complexity index is 218. The highest BCUT2D eigenvalue weighted by molar-refractivity contribution is 5.81. The van der Waals surface area contributed by atoms with E-state index in [0.29, 0.717) is 5.92 Å². The molecule has 3 N–H and O–H groups in total. The molecule has 0 heterocycles. The summed E-state index contributed by atoms with van der Waals surface area (Å²) < 4.78 is 0. The fraction of sp³-hybridized carbons (Fsp3) is 0.929. The molecule has 0 aliphatic rings. The molecule has 4 heteroatoms. The van der Waals surface area contributed by atoms with Crippen LogP contribution < -0.4 is 10.6 Å². The van der Waals surface area contributed by atoms with Crippen LogP contribution in [0, 0.1) is 5.92 Å². The van der Waals surface area contributed by atoms with Crippen LogP contribution in [0.3, 0.4) is 0 Å². The molecule has 0 bridgehead atoms. The third-order valence-corrected chi connectivity index (χ3v) is 3.55. The Morgan fingerprint density at radius 1 is 1.17 bits per heavy atom. The SMILES string of the molecule is CCC(CCO)CNC(C)C(=O)NC(CC)CC. The summed E-state index contributed by atoms with van der Waals surface area (Å²) in [6.45, 7) is 9.17. The van der Waals surface area contributed by atoms with E-state index in [9.17, 15) is 4.79 Å². The average Bonchev–Trinajstić information content (AvgIpc) is 2.39. The maximum absolute atomic E-state index is 11.9. The van der Waals surface area contributed by atoms with Crippen molar-refractivity contribution in [2.75, 3.05) is 13.2 Å². The molecule has 0 saturated heterocycles. The number of carbonyl (C=O) groups excluding carboxylic acids is 1. The molecule has 0 aromatic rings. The summed E-state index contributed by atoms with van der Waals surface area (Å²) in [5.74, 6) is 0.515. The number of hydrogen-bond donors (Lipinski definition) is 3. The molecular formula is C14H30N2O2. The minimum atomic E-state index is -0.168. The molecule has 108 valence electrons. The zero-order chi connectivity index (χ0) is 14.0. The number of amides is 1. The molecule has 0 aromatic heterocycles. The maximum atomic E-state index is 11.9. The first kappa shape index (κ1) is 17.4. The van der Waals surface area contributed by atoms with E-state index >= 15 is 0 Å². The van der Waals surface area contributed by atoms with E-state index in [-0.39, 0.29) is 24.6 Å². The van der Waals surface area contributed by atoms with E-state index in [1.807, 2.05) is 6.92 Å². The highest BCUT2D eigenvalue weighted by atomic mass is 16.3. The lowest BCUT2D eigenvalue weighted by Gasteiger charge is -2.21. The lowest BCUT2D eigenvalue weighted by atomic mass is 10.0. The minimum Gasteiger partial charge on any atom is -0.396 e. The van der Waals surface area contributed by atoms with Gasteiger partial charge in [-0.1, -0.05) is 27.2 Å². The number of nitrogens with one attached hydrogen (secondary N) is 2. The van der Waals surface area contributed by atoms with E-state index < -0.39 is 0 Å². The third-order valence-electron chi connectivity index (χ3n) is 3.55. The van der Waals surface area contributed by atoms with E-state index in [4.69, 9.17) is 5.11 Å². The quantitative estimate of drug-likeness (QED) is 0.559. The van der Waals surface area contributed by atoms with E-state index in [1.165, 1.54) is 0 Å². The van der Waals surface area contributed by atoms with E-state index in [0.717, 1.165) is 32.2 Å². The zero-order valence-corrected chi connectivity index (χ0v) is 12.3. The maximum Gasteiger partial charge on any atom is 0.237 e. The lowest BCUT2D eigenvalue weighted by molar-refractivity contribution is -0.123. The number of carbonyl (C=O) groups is 1. The van der Waals surface area contributed by atoms with Gasteiger partial charge in [-0.3, -0.25) is 4.79 Å². The molecule has 0 aromatic carbocycles. The van der Waals surface area contributed by atoms with Crippen LogP contribution in [-0.4, -0.2) is 36.2 Å². The molecule has 2 unspecified atom stereocenters. The molecule has 0 radical (unpaired) electrons. The van der Waals surface area contributed by atoms with Gasteiger partial charge in [0.1, 0.15) is 0 Å². The van der Waals surface area contributed by atoms with Crippen molar-refractivity contribution in [1.29, 1.82) is 0 Å². The van der Waals surface area contributed by atoms with Gasteiger partial charge < -0.3 is 15.7 Å². The molecule has 0 aliphatic heterocycles. The van der Waals surface area contributed by atoms with Gasteiger partial charge in [-0.25, -0.2) is 0 Å². The Morgan fingerprint density at radius 2 is 1.78 bits per heavy atom. The number of hydrogen-bond acceptors (Lipinski definition) is 3. The largest absolute Gasteiger partial charge is 0.396 e. The summed E-state index contributed by atoms with van der Waals surface area (Å²) in [7, 11) is 0. The van der Waals surface area contributed by atoms with Crippen LogP contribution in [-0.2, 0) is 4.79 Å². The second-order valence-corrected chi connectivity index (χ2v) is 4.94. The lowest BCUT2D eigenvalue weighted by Crippen LogP contribution is -2.47. The average molecular weight is 258 g/mol. The van der Waals surface area contributed by atoms with Crippen molar-refractivity contribution in [1.82, 2.24) is 10.6 Å². The second-order valence-electron chi connectivity index (χ2n) is 4.94. The van der Waals surface area contributed by atoms with Crippen molar-refractivity contribution in [2.24, 2.45) is 5.92 Å². The van der Waals surface area contributed by atoms with Crippen LogP contribution in [0.5, 0.6) is 0 Å². The normalized spacial score (nSPS) is 14.6. The Morgan fingerprint density at radius 3 is 2.22 bits per heavy atom. The first-order valence-electron chi connectivity index (χ1n) is 7.23. The molecule has 0 aliphatic carbocycles. The topological polar surface area (TPSA) is 61.4 Å². The van der Waals surface area contributed by atoms with Gasteiger partial charge in [0.25, 0.3) is 0 Å². The van der Waals surface area contributed by atoms with E-state index in [1.54, 1.807) is 0 Å². The van der Waals surface area contributed by atoms with Gasteiger partial charge in [-0.05, 0) is 38.6 Å². The number of rotatable bonds is 10. The number of aliphatic hydroxyl groups excluding tert-OH is 1. The summed E-state index contributed by atoms with van der Waals surface area (Å²) in [6.07, 6.45) is 3.76. The standard InChI is InChI=1S/C14H30N2O2/c1-5-12(8-9-17)10-15-11(4)14(18)16-13(6-2)7-3/h11-13,15,17H,5-10H2,1-4H3,(H,16,18). The predicted molar refractivity (Wildman–Crippen MR) is 75.5 cm³/mol. The van der Waals surface area contributed by atoms with Gasteiger partial charge in [0.05, 0.1) is 6.04 Å². The van der Waals surface area contributed by atoms with Crippen molar-refractivity contribution in [3.8, 4) is 0 Å². The Balaban J connectivity index is 3.99. The molecule has 0 rings (SSSR count). The van der Waals surface area contributed by atoms with Gasteiger partial charge in [-0.2, -0.15) is 0 Å². The van der Waals surface area contributed by atoms with Crippen molar-refractivity contribution >= 4 is 5.91 Å². The molecule has 1 amide bonds. The fourth-order valence-electron chi connectivity index (χ4n) is 1.89. The smallest absolute Gasteiger partial charge is 0.237 e. The Hall–Kier alpha value is -0.610. The first-order valence-corrected chi connectivity index (χ1v) is 7.23. The first-order chi connectivity index (χ1) is 8.58. The Kier molecular flexibility index (Phi) is 9.98. The van der Waals surface area contributed by atoms with Crippen LogP contribution in [0.4, 0.5) is 0 Å².